The molecule has 5 rings (SSSR count). The minimum Gasteiger partial charge on any atom is -0.444 e. The van der Waals surface area contributed by atoms with Crippen LogP contribution in [0.3, 0.4) is 0 Å². The van der Waals surface area contributed by atoms with E-state index in [2.05, 4.69) is 50.8 Å². The van der Waals surface area contributed by atoms with Gasteiger partial charge < -0.3 is 19.7 Å². The van der Waals surface area contributed by atoms with Gasteiger partial charge in [-0.2, -0.15) is 5.10 Å². The number of anilines is 1. The van der Waals surface area contributed by atoms with E-state index in [-0.39, 0.29) is 17.5 Å². The largest absolute Gasteiger partial charge is 0.444 e. The SMILES string of the molecule is CC(CCCC=O)n1nc(I)c2ncc(N3CCC4(CC3)Cc3ncccc3[C@H]4NC(=O)OC(C)(C)C)nc21. The first-order chi connectivity index (χ1) is 18.6. The summed E-state index contributed by atoms with van der Waals surface area (Å²) in [4.78, 5) is 40.3. The molecule has 1 fully saturated rings. The molecule has 1 amide bonds. The highest BCUT2D eigenvalue weighted by atomic mass is 127. The van der Waals surface area contributed by atoms with Gasteiger partial charge in [0, 0.05) is 36.8 Å². The molecule has 3 aromatic rings. The number of carbonyl (C=O) groups is 2. The van der Waals surface area contributed by atoms with E-state index in [1.807, 2.05) is 43.9 Å². The van der Waals surface area contributed by atoms with Crippen LogP contribution in [-0.4, -0.2) is 55.8 Å². The number of pyridine rings is 1. The van der Waals surface area contributed by atoms with Gasteiger partial charge in [0.2, 0.25) is 0 Å². The highest BCUT2D eigenvalue weighted by Crippen LogP contribution is 2.51. The first-order valence-corrected chi connectivity index (χ1v) is 14.7. The Morgan fingerprint density at radius 1 is 1.31 bits per heavy atom. The lowest BCUT2D eigenvalue weighted by Gasteiger charge is -2.43. The van der Waals surface area contributed by atoms with Gasteiger partial charge in [-0.25, -0.2) is 19.4 Å². The topological polar surface area (TPSA) is 115 Å². The zero-order chi connectivity index (χ0) is 27.8. The van der Waals surface area contributed by atoms with Crippen LogP contribution in [0.25, 0.3) is 11.2 Å². The fraction of sp³-hybridized carbons (Fsp3) is 0.571. The number of alkyl carbamates (subject to hydrolysis) is 1. The van der Waals surface area contributed by atoms with Gasteiger partial charge >= 0.3 is 6.09 Å². The van der Waals surface area contributed by atoms with Crippen molar-refractivity contribution in [1.82, 2.24) is 30.0 Å². The van der Waals surface area contributed by atoms with Gasteiger partial charge in [0.1, 0.15) is 23.2 Å². The Morgan fingerprint density at radius 3 is 2.79 bits per heavy atom. The molecule has 208 valence electrons. The molecule has 11 heteroatoms. The van der Waals surface area contributed by atoms with Gasteiger partial charge in [-0.1, -0.05) is 6.07 Å². The summed E-state index contributed by atoms with van der Waals surface area (Å²) in [7, 11) is 0. The van der Waals surface area contributed by atoms with E-state index in [9.17, 15) is 9.59 Å². The van der Waals surface area contributed by atoms with E-state index in [0.29, 0.717) is 6.42 Å². The minimum absolute atomic E-state index is 0.120. The number of nitrogens with zero attached hydrogens (tertiary/aromatic N) is 6. The summed E-state index contributed by atoms with van der Waals surface area (Å²) in [5, 5.41) is 7.90. The summed E-state index contributed by atoms with van der Waals surface area (Å²) < 4.78 is 8.39. The smallest absolute Gasteiger partial charge is 0.408 e. The third-order valence-electron chi connectivity index (χ3n) is 7.82. The van der Waals surface area contributed by atoms with Crippen molar-refractivity contribution in [3.63, 3.8) is 0 Å². The molecule has 2 aliphatic rings. The van der Waals surface area contributed by atoms with E-state index in [0.717, 1.165) is 83.4 Å². The van der Waals surface area contributed by atoms with Crippen molar-refractivity contribution in [1.29, 1.82) is 0 Å². The van der Waals surface area contributed by atoms with Crippen LogP contribution in [0.2, 0.25) is 0 Å². The predicted octanol–water partition coefficient (Wildman–Crippen LogP) is 5.16. The quantitative estimate of drug-likeness (QED) is 0.213. The molecule has 0 bridgehead atoms. The lowest BCUT2D eigenvalue weighted by molar-refractivity contribution is -0.107. The number of ether oxygens (including phenoxy) is 1. The van der Waals surface area contributed by atoms with Crippen LogP contribution >= 0.6 is 22.6 Å². The van der Waals surface area contributed by atoms with E-state index in [1.165, 1.54) is 0 Å². The summed E-state index contributed by atoms with van der Waals surface area (Å²) in [5.74, 6) is 0.834. The van der Waals surface area contributed by atoms with Crippen LogP contribution in [0.4, 0.5) is 10.6 Å². The number of carbonyl (C=O) groups excluding carboxylic acids is 2. The molecule has 1 unspecified atom stereocenters. The number of nitrogens with one attached hydrogen (secondary N) is 1. The maximum atomic E-state index is 12.8. The highest BCUT2D eigenvalue weighted by Gasteiger charge is 2.49. The van der Waals surface area contributed by atoms with Crippen molar-refractivity contribution in [2.45, 2.75) is 83.9 Å². The Morgan fingerprint density at radius 2 is 2.08 bits per heavy atom. The molecule has 4 heterocycles. The van der Waals surface area contributed by atoms with Crippen molar-refractivity contribution in [3.05, 3.63) is 39.5 Å². The number of hydrogen-bond donors (Lipinski definition) is 1. The molecule has 1 aliphatic heterocycles. The molecule has 0 saturated carbocycles. The Bertz CT molecular complexity index is 1360. The third-order valence-corrected chi connectivity index (χ3v) is 8.55. The predicted molar refractivity (Wildman–Crippen MR) is 157 cm³/mol. The molecule has 0 aromatic carbocycles. The molecule has 2 atom stereocenters. The van der Waals surface area contributed by atoms with Gasteiger partial charge in [0.25, 0.3) is 0 Å². The molecule has 1 N–H and O–H groups in total. The van der Waals surface area contributed by atoms with Gasteiger partial charge in [0.05, 0.1) is 18.3 Å². The second kappa shape index (κ2) is 11.0. The molecule has 10 nitrogen and oxygen atoms in total. The van der Waals surface area contributed by atoms with E-state index in [1.54, 1.807) is 0 Å². The van der Waals surface area contributed by atoms with Crippen molar-refractivity contribution < 1.29 is 14.3 Å². The highest BCUT2D eigenvalue weighted by molar-refractivity contribution is 14.1. The van der Waals surface area contributed by atoms with E-state index >= 15 is 0 Å². The zero-order valence-corrected chi connectivity index (χ0v) is 25.1. The van der Waals surface area contributed by atoms with Crippen LogP contribution in [0, 0.1) is 9.12 Å². The maximum Gasteiger partial charge on any atom is 0.408 e. The number of aromatic nitrogens is 5. The normalized spacial score (nSPS) is 19.2. The minimum atomic E-state index is -0.565. The first kappa shape index (κ1) is 27.7. The average Bonchev–Trinajstić information content (AvgIpc) is 3.37. The summed E-state index contributed by atoms with van der Waals surface area (Å²) >= 11 is 2.21. The second-order valence-corrected chi connectivity index (χ2v) is 12.7. The lowest BCUT2D eigenvalue weighted by atomic mass is 9.73. The van der Waals surface area contributed by atoms with E-state index < -0.39 is 11.7 Å². The average molecular weight is 646 g/mol. The fourth-order valence-corrected chi connectivity index (χ4v) is 6.49. The van der Waals surface area contributed by atoms with Crippen LogP contribution in [-0.2, 0) is 16.0 Å². The Hall–Kier alpha value is -2.83. The number of amides is 1. The number of unbranched alkanes of at least 4 members (excludes halogenated alkanes) is 1. The summed E-state index contributed by atoms with van der Waals surface area (Å²) in [6.07, 6.45) is 9.04. The number of halogens is 1. The van der Waals surface area contributed by atoms with Gasteiger partial charge in [0.15, 0.2) is 9.35 Å². The van der Waals surface area contributed by atoms with E-state index in [4.69, 9.17) is 19.8 Å². The molecule has 3 aromatic heterocycles. The number of rotatable bonds is 7. The van der Waals surface area contributed by atoms with Crippen LogP contribution in [0.15, 0.2) is 24.5 Å². The van der Waals surface area contributed by atoms with Gasteiger partial charge in [-0.3, -0.25) is 4.98 Å². The molecule has 0 radical (unpaired) electrons. The van der Waals surface area contributed by atoms with Crippen molar-refractivity contribution in [2.24, 2.45) is 5.41 Å². The van der Waals surface area contributed by atoms with Crippen molar-refractivity contribution in [3.8, 4) is 0 Å². The summed E-state index contributed by atoms with van der Waals surface area (Å²) in [5.41, 5.74) is 3.01. The van der Waals surface area contributed by atoms with Crippen molar-refractivity contribution in [2.75, 3.05) is 18.0 Å². The molecule has 1 saturated heterocycles. The Kier molecular flexibility index (Phi) is 7.80. The number of piperidine rings is 1. The van der Waals surface area contributed by atoms with Gasteiger partial charge in [-0.05, 0) is 94.0 Å². The summed E-state index contributed by atoms with van der Waals surface area (Å²) in [6, 6.07) is 3.98. The number of fused-ring (bicyclic) bond motifs is 2. The third kappa shape index (κ3) is 5.73. The van der Waals surface area contributed by atoms with Crippen LogP contribution in [0.5, 0.6) is 0 Å². The van der Waals surface area contributed by atoms with Crippen LogP contribution in [0.1, 0.15) is 83.1 Å². The number of hydrogen-bond acceptors (Lipinski definition) is 8. The monoisotopic (exact) mass is 645 g/mol. The summed E-state index contributed by atoms with van der Waals surface area (Å²) in [6.45, 7) is 9.32. The standard InChI is InChI=1S/C28H36IN7O3/c1-18(8-5-6-15-37)36-25-22(24(29)34-36)31-17-21(32-25)35-13-10-28(11-14-35)16-20-19(9-7-12-30-20)23(28)33-26(38)39-27(2,3)4/h7,9,12,15,17-18,23H,5-6,8,10-11,13-14,16H2,1-4H3,(H,33,38)/t18?,23-/m1/s1. The van der Waals surface area contributed by atoms with Crippen molar-refractivity contribution >= 4 is 52.0 Å². The molecule has 39 heavy (non-hydrogen) atoms. The Balaban J connectivity index is 1.35. The first-order valence-electron chi connectivity index (χ1n) is 13.6. The molecular weight excluding hydrogens is 609 g/mol. The van der Waals surface area contributed by atoms with Crippen LogP contribution < -0.4 is 10.2 Å². The fourth-order valence-electron chi connectivity index (χ4n) is 5.87. The lowest BCUT2D eigenvalue weighted by Crippen LogP contribution is -2.48. The molecule has 1 spiro atoms. The Labute approximate surface area is 242 Å². The maximum absolute atomic E-state index is 12.8. The zero-order valence-electron chi connectivity index (χ0n) is 23.0. The molecule has 1 aliphatic carbocycles. The van der Waals surface area contributed by atoms with Gasteiger partial charge in [-0.15, -0.1) is 0 Å². The number of aldehydes is 1. The molecular formula is C28H36IN7O3. The second-order valence-electron chi connectivity index (χ2n) is 11.7.